The van der Waals surface area contributed by atoms with Crippen molar-refractivity contribution >= 4 is 28.3 Å². The number of fused-ring (bicyclic) bond motifs is 1. The predicted octanol–water partition coefficient (Wildman–Crippen LogP) is 1.84. The first kappa shape index (κ1) is 25.9. The van der Waals surface area contributed by atoms with Crippen LogP contribution in [0, 0.1) is 5.82 Å². The number of hydrogen-bond donors (Lipinski definition) is 5. The lowest BCUT2D eigenvalue weighted by molar-refractivity contribution is -0.118. The van der Waals surface area contributed by atoms with Gasteiger partial charge >= 0.3 is 0 Å². The van der Waals surface area contributed by atoms with Crippen molar-refractivity contribution in [3.05, 3.63) is 66.6 Å². The number of nitrogens with two attached hydrogens (primary N) is 1. The van der Waals surface area contributed by atoms with Crippen molar-refractivity contribution in [1.29, 1.82) is 0 Å². The number of anilines is 2. The number of rotatable bonds is 12. The molecule has 2 heterocycles. The van der Waals surface area contributed by atoms with Gasteiger partial charge in [-0.15, -0.1) is 0 Å². The monoisotopic (exact) mass is 510 g/mol. The van der Waals surface area contributed by atoms with E-state index in [2.05, 4.69) is 26.0 Å². The maximum atomic E-state index is 13.8. The Hall–Kier alpha value is -4.16. The third-order valence-corrected chi connectivity index (χ3v) is 5.58. The molecule has 0 atom stereocenters. The fourth-order valence-electron chi connectivity index (χ4n) is 3.67. The summed E-state index contributed by atoms with van der Waals surface area (Å²) in [4.78, 5) is 20.3. The van der Waals surface area contributed by atoms with Crippen LogP contribution >= 0.6 is 0 Å². The Bertz CT molecular complexity index is 1290. The van der Waals surface area contributed by atoms with Gasteiger partial charge in [0.05, 0.1) is 30.6 Å². The van der Waals surface area contributed by atoms with E-state index in [-0.39, 0.29) is 18.7 Å². The van der Waals surface area contributed by atoms with E-state index in [0.717, 1.165) is 18.4 Å². The molecule has 0 aliphatic carbocycles. The van der Waals surface area contributed by atoms with E-state index < -0.39 is 11.7 Å². The highest BCUT2D eigenvalue weighted by Gasteiger charge is 2.24. The highest BCUT2D eigenvalue weighted by molar-refractivity contribution is 5.90. The summed E-state index contributed by atoms with van der Waals surface area (Å²) in [7, 11) is 0. The first-order valence-electron chi connectivity index (χ1n) is 11.8. The van der Waals surface area contributed by atoms with Crippen molar-refractivity contribution in [2.45, 2.75) is 25.8 Å². The number of carbonyl (C=O) groups is 1. The van der Waals surface area contributed by atoms with E-state index in [1.165, 1.54) is 28.6 Å². The minimum atomic E-state index is -0.548. The van der Waals surface area contributed by atoms with Crippen molar-refractivity contribution in [2.75, 3.05) is 36.7 Å². The van der Waals surface area contributed by atoms with Gasteiger partial charge in [0, 0.05) is 23.1 Å². The highest BCUT2D eigenvalue weighted by Crippen LogP contribution is 2.26. The zero-order chi connectivity index (χ0) is 26.4. The lowest BCUT2D eigenvalue weighted by Gasteiger charge is -2.29. The molecule has 12 heteroatoms. The summed E-state index contributed by atoms with van der Waals surface area (Å²) < 4.78 is 19.7. The molecule has 196 valence electrons. The number of carbonyl (C=O) groups excluding carboxylic acids is 1. The molecule has 0 unspecified atom stereocenters. The Morgan fingerprint density at radius 2 is 2.08 bits per heavy atom. The SMILES string of the molecule is CC(C)(CO)NCCCOc1ccc2c(NC3=CN(CC(N)=O)N(c4cccc(F)c4)N3)ncnc2c1. The number of amides is 1. The normalized spacial score (nSPS) is 13.5. The topological polar surface area (TPSA) is 141 Å². The molecule has 3 aromatic rings. The van der Waals surface area contributed by atoms with Gasteiger partial charge < -0.3 is 26.2 Å². The fraction of sp³-hybridized carbons (Fsp3) is 0.320. The summed E-state index contributed by atoms with van der Waals surface area (Å²) >= 11 is 0. The highest BCUT2D eigenvalue weighted by atomic mass is 19.1. The zero-order valence-electron chi connectivity index (χ0n) is 20.7. The molecule has 6 N–H and O–H groups in total. The summed E-state index contributed by atoms with van der Waals surface area (Å²) in [6.45, 7) is 5.05. The first-order valence-corrected chi connectivity index (χ1v) is 11.8. The Morgan fingerprint density at radius 3 is 2.84 bits per heavy atom. The van der Waals surface area contributed by atoms with E-state index in [0.29, 0.717) is 35.2 Å². The van der Waals surface area contributed by atoms with E-state index >= 15 is 0 Å². The predicted molar refractivity (Wildman–Crippen MR) is 138 cm³/mol. The summed E-state index contributed by atoms with van der Waals surface area (Å²) in [5, 5.41) is 19.6. The zero-order valence-corrected chi connectivity index (χ0v) is 20.7. The van der Waals surface area contributed by atoms with E-state index in [9.17, 15) is 14.3 Å². The van der Waals surface area contributed by atoms with Crippen LogP contribution in [0.4, 0.5) is 15.9 Å². The summed E-state index contributed by atoms with van der Waals surface area (Å²) in [6, 6.07) is 11.5. The molecule has 1 aliphatic heterocycles. The van der Waals surface area contributed by atoms with Crippen LogP contribution in [-0.4, -0.2) is 57.8 Å². The lowest BCUT2D eigenvalue weighted by Crippen LogP contribution is -2.46. The molecule has 4 rings (SSSR count). The molecule has 11 nitrogen and oxygen atoms in total. The van der Waals surface area contributed by atoms with Crippen molar-refractivity contribution in [3.8, 4) is 5.75 Å². The molecule has 0 bridgehead atoms. The smallest absolute Gasteiger partial charge is 0.239 e. The molecule has 1 aromatic heterocycles. The third kappa shape index (κ3) is 6.74. The summed E-state index contributed by atoms with van der Waals surface area (Å²) in [5.74, 6) is 0.759. The van der Waals surface area contributed by atoms with Gasteiger partial charge in [0.25, 0.3) is 0 Å². The summed E-state index contributed by atoms with van der Waals surface area (Å²) in [6.07, 6.45) is 3.87. The molecule has 37 heavy (non-hydrogen) atoms. The van der Waals surface area contributed by atoms with Crippen LogP contribution in [0.2, 0.25) is 0 Å². The number of nitrogens with zero attached hydrogens (tertiary/aromatic N) is 4. The second kappa shape index (κ2) is 11.3. The molecule has 0 fully saturated rings. The van der Waals surface area contributed by atoms with Crippen LogP contribution in [0.1, 0.15) is 20.3 Å². The van der Waals surface area contributed by atoms with Gasteiger partial charge in [-0.25, -0.2) is 14.4 Å². The summed E-state index contributed by atoms with van der Waals surface area (Å²) in [5.41, 5.74) is 9.35. The largest absolute Gasteiger partial charge is 0.493 e. The fourth-order valence-corrected chi connectivity index (χ4v) is 3.67. The second-order valence-electron chi connectivity index (χ2n) is 9.21. The molecule has 0 saturated heterocycles. The van der Waals surface area contributed by atoms with Gasteiger partial charge in [0.1, 0.15) is 36.1 Å². The molecule has 2 aromatic carbocycles. The van der Waals surface area contributed by atoms with Crippen molar-refractivity contribution in [3.63, 3.8) is 0 Å². The first-order chi connectivity index (χ1) is 17.7. The van der Waals surface area contributed by atoms with Crippen molar-refractivity contribution in [2.24, 2.45) is 5.73 Å². The number of primary amides is 1. The number of aromatic nitrogens is 2. The van der Waals surface area contributed by atoms with Crippen LogP contribution in [0.15, 0.2) is 60.8 Å². The van der Waals surface area contributed by atoms with Crippen molar-refractivity contribution < 1.29 is 19.0 Å². The van der Waals surface area contributed by atoms with Crippen molar-refractivity contribution in [1.82, 2.24) is 25.7 Å². The van der Waals surface area contributed by atoms with Crippen LogP contribution < -0.4 is 31.6 Å². The number of hydrazine groups is 2. The minimum absolute atomic E-state index is 0.0625. The van der Waals surface area contributed by atoms with Gasteiger partial charge in [0.2, 0.25) is 5.91 Å². The lowest BCUT2D eigenvalue weighted by atomic mass is 10.1. The minimum Gasteiger partial charge on any atom is -0.493 e. The number of hydrogen-bond acceptors (Lipinski definition) is 10. The number of ether oxygens (including phenoxy) is 1. The van der Waals surface area contributed by atoms with E-state index in [1.807, 2.05) is 32.0 Å². The average Bonchev–Trinajstić information content (AvgIpc) is 3.25. The number of benzene rings is 2. The Balaban J connectivity index is 1.43. The number of nitrogens with one attached hydrogen (secondary N) is 3. The molecule has 0 radical (unpaired) electrons. The number of aliphatic hydroxyl groups is 1. The van der Waals surface area contributed by atoms with E-state index in [4.69, 9.17) is 10.5 Å². The quantitative estimate of drug-likeness (QED) is 0.229. The van der Waals surface area contributed by atoms with Gasteiger partial charge in [-0.1, -0.05) is 6.07 Å². The van der Waals surface area contributed by atoms with Crippen LogP contribution in [-0.2, 0) is 4.79 Å². The van der Waals surface area contributed by atoms with Gasteiger partial charge in [-0.2, -0.15) is 5.12 Å². The van der Waals surface area contributed by atoms with Gasteiger partial charge in [0.15, 0.2) is 0 Å². The van der Waals surface area contributed by atoms with Gasteiger partial charge in [-0.3, -0.25) is 15.2 Å². The Kier molecular flexibility index (Phi) is 7.89. The maximum Gasteiger partial charge on any atom is 0.239 e. The van der Waals surface area contributed by atoms with Crippen LogP contribution in [0.5, 0.6) is 5.75 Å². The van der Waals surface area contributed by atoms with E-state index in [1.54, 1.807) is 18.3 Å². The number of halogens is 1. The van der Waals surface area contributed by atoms with Gasteiger partial charge in [-0.05, 0) is 51.1 Å². The Morgan fingerprint density at radius 1 is 1.24 bits per heavy atom. The molecule has 0 spiro atoms. The molecular weight excluding hydrogens is 479 g/mol. The Labute approximate surface area is 214 Å². The molecular formula is C25H31FN8O3. The third-order valence-electron chi connectivity index (χ3n) is 5.58. The van der Waals surface area contributed by atoms with Crippen LogP contribution in [0.3, 0.4) is 0 Å². The second-order valence-corrected chi connectivity index (χ2v) is 9.21. The standard InChI is InChI=1S/C25H31FN8O3/c1-25(2,15-35)30-9-4-10-37-19-7-8-20-21(12-19)28-16-29-24(20)31-23-14-33(13-22(27)36)34(32-23)18-6-3-5-17(26)11-18/h3,5-8,11-12,14,16,30,32,35H,4,9-10,13,15H2,1-2H3,(H2,27,36)(H,28,29,31). The average molecular weight is 511 g/mol. The molecule has 0 saturated carbocycles. The molecule has 1 aliphatic rings. The number of aliphatic hydroxyl groups excluding tert-OH is 1. The van der Waals surface area contributed by atoms with Crippen LogP contribution in [0.25, 0.3) is 10.9 Å². The maximum absolute atomic E-state index is 13.8. The molecule has 1 amide bonds.